The van der Waals surface area contributed by atoms with E-state index < -0.39 is 0 Å². The van der Waals surface area contributed by atoms with Gasteiger partial charge in [-0.05, 0) is 99.4 Å². The molecule has 8 aromatic carbocycles. The first kappa shape index (κ1) is 28.6. The molecule has 0 unspecified atom stereocenters. The van der Waals surface area contributed by atoms with Crippen LogP contribution < -0.4 is 14.4 Å². The van der Waals surface area contributed by atoms with Gasteiger partial charge in [0.05, 0.1) is 5.39 Å². The lowest BCUT2D eigenvalue weighted by Gasteiger charge is -2.26. The third-order valence-electron chi connectivity index (χ3n) is 9.13. The van der Waals surface area contributed by atoms with E-state index in [0.29, 0.717) is 11.5 Å². The van der Waals surface area contributed by atoms with E-state index in [9.17, 15) is 0 Å². The Labute approximate surface area is 285 Å². The molecule has 3 nitrogen and oxygen atoms in total. The summed E-state index contributed by atoms with van der Waals surface area (Å²) >= 11 is 0. The molecule has 1 heterocycles. The Hall–Kier alpha value is -6.58. The number of para-hydroxylation sites is 2. The molecule has 0 fully saturated rings. The minimum absolute atomic E-state index is 0.710. The largest absolute Gasteiger partial charge is 0.453 e. The number of rotatable bonds is 6. The number of nitrogens with zero attached hydrogens (tertiary/aromatic N) is 1. The molecule has 232 valence electrons. The van der Waals surface area contributed by atoms with Crippen LogP contribution in [0, 0.1) is 0 Å². The molecule has 0 aliphatic carbocycles. The smallest absolute Gasteiger partial charge is 0.169 e. The number of benzene rings is 8. The Bertz CT molecular complexity index is 2300. The molecule has 1 aliphatic heterocycles. The Morgan fingerprint density at radius 2 is 0.776 bits per heavy atom. The first-order valence-electron chi connectivity index (χ1n) is 16.5. The highest BCUT2D eigenvalue weighted by molar-refractivity contribution is 6.04. The summed E-state index contributed by atoms with van der Waals surface area (Å²) in [6, 6.07) is 65.6. The van der Waals surface area contributed by atoms with Crippen LogP contribution in [0.4, 0.5) is 17.1 Å². The maximum absolute atomic E-state index is 6.39. The third kappa shape index (κ3) is 5.38. The van der Waals surface area contributed by atoms with E-state index in [1.54, 1.807) is 0 Å². The van der Waals surface area contributed by atoms with Crippen molar-refractivity contribution < 1.29 is 9.47 Å². The summed E-state index contributed by atoms with van der Waals surface area (Å²) in [4.78, 5) is 2.33. The molecule has 0 amide bonds. The van der Waals surface area contributed by atoms with Gasteiger partial charge in [-0.2, -0.15) is 0 Å². The summed E-state index contributed by atoms with van der Waals surface area (Å²) in [6.45, 7) is 0. The number of hydrogen-bond donors (Lipinski definition) is 0. The van der Waals surface area contributed by atoms with E-state index in [1.807, 2.05) is 30.3 Å². The van der Waals surface area contributed by atoms with Crippen LogP contribution in [-0.2, 0) is 0 Å². The molecule has 8 aromatic rings. The van der Waals surface area contributed by atoms with Gasteiger partial charge in [-0.15, -0.1) is 0 Å². The molecule has 3 heteroatoms. The van der Waals surface area contributed by atoms with Gasteiger partial charge in [0, 0.05) is 17.1 Å². The van der Waals surface area contributed by atoms with Crippen molar-refractivity contribution in [2.24, 2.45) is 0 Å². The van der Waals surface area contributed by atoms with Crippen molar-refractivity contribution in [1.29, 1.82) is 0 Å². The molecular weight excluding hydrogens is 599 g/mol. The summed E-state index contributed by atoms with van der Waals surface area (Å²) in [5.41, 5.74) is 10.2. The van der Waals surface area contributed by atoms with Crippen LogP contribution in [0.15, 0.2) is 188 Å². The van der Waals surface area contributed by atoms with Gasteiger partial charge in [0.25, 0.3) is 0 Å². The van der Waals surface area contributed by atoms with Crippen LogP contribution in [0.2, 0.25) is 0 Å². The molecule has 0 spiro atoms. The summed E-state index contributed by atoms with van der Waals surface area (Å²) in [5.74, 6) is 2.99. The molecule has 0 saturated carbocycles. The van der Waals surface area contributed by atoms with E-state index in [4.69, 9.17) is 9.47 Å². The third-order valence-corrected chi connectivity index (χ3v) is 9.13. The second-order valence-corrected chi connectivity index (χ2v) is 12.2. The van der Waals surface area contributed by atoms with Crippen molar-refractivity contribution >= 4 is 27.8 Å². The highest BCUT2D eigenvalue weighted by Gasteiger charge is 2.21. The topological polar surface area (TPSA) is 21.7 Å². The molecule has 0 saturated heterocycles. The zero-order chi connectivity index (χ0) is 32.6. The van der Waals surface area contributed by atoms with Crippen LogP contribution in [0.1, 0.15) is 0 Å². The predicted octanol–water partition coefficient (Wildman–Crippen LogP) is 13.2. The second-order valence-electron chi connectivity index (χ2n) is 12.2. The normalized spacial score (nSPS) is 11.6. The zero-order valence-electron chi connectivity index (χ0n) is 26.7. The fourth-order valence-electron chi connectivity index (χ4n) is 6.75. The van der Waals surface area contributed by atoms with Gasteiger partial charge in [-0.1, -0.05) is 127 Å². The zero-order valence-corrected chi connectivity index (χ0v) is 26.7. The Morgan fingerprint density at radius 1 is 0.306 bits per heavy atom. The van der Waals surface area contributed by atoms with E-state index in [0.717, 1.165) is 50.5 Å². The van der Waals surface area contributed by atoms with Gasteiger partial charge in [-0.3, -0.25) is 0 Å². The number of hydrogen-bond acceptors (Lipinski definition) is 3. The van der Waals surface area contributed by atoms with Crippen LogP contribution >= 0.6 is 0 Å². The molecule has 49 heavy (non-hydrogen) atoms. The van der Waals surface area contributed by atoms with Crippen molar-refractivity contribution in [3.63, 3.8) is 0 Å². The van der Waals surface area contributed by atoms with Crippen LogP contribution in [0.25, 0.3) is 44.2 Å². The molecular formula is C46H31NO2. The first-order chi connectivity index (χ1) is 24.3. The van der Waals surface area contributed by atoms with Crippen molar-refractivity contribution in [3.8, 4) is 56.4 Å². The van der Waals surface area contributed by atoms with Gasteiger partial charge in [0.15, 0.2) is 11.5 Å². The molecule has 0 aromatic heterocycles. The quantitative estimate of drug-likeness (QED) is 0.183. The molecule has 1 aliphatic rings. The lowest BCUT2D eigenvalue weighted by molar-refractivity contribution is 0.439. The SMILES string of the molecule is c1ccc(-c2ccc(N(c3ccc(-c4ccccc4)cc3)c3cccc(-c4ccc5c6c(cccc46)Oc4ccccc4O5)c3)cc2)cc1. The average Bonchev–Trinajstić information content (AvgIpc) is 3.34. The van der Waals surface area contributed by atoms with Gasteiger partial charge in [0.1, 0.15) is 11.5 Å². The number of fused-ring (bicyclic) bond motifs is 1. The summed E-state index contributed by atoms with van der Waals surface area (Å²) < 4.78 is 12.8. The number of ether oxygens (including phenoxy) is 2. The first-order valence-corrected chi connectivity index (χ1v) is 16.5. The van der Waals surface area contributed by atoms with Gasteiger partial charge < -0.3 is 14.4 Å². The monoisotopic (exact) mass is 629 g/mol. The summed E-state index contributed by atoms with van der Waals surface area (Å²) in [5, 5.41) is 2.04. The van der Waals surface area contributed by atoms with Crippen molar-refractivity contribution in [1.82, 2.24) is 0 Å². The van der Waals surface area contributed by atoms with E-state index in [2.05, 4.69) is 163 Å². The minimum atomic E-state index is 0.710. The van der Waals surface area contributed by atoms with Crippen molar-refractivity contribution in [2.75, 3.05) is 4.90 Å². The van der Waals surface area contributed by atoms with Gasteiger partial charge in [-0.25, -0.2) is 0 Å². The van der Waals surface area contributed by atoms with Crippen molar-refractivity contribution in [3.05, 3.63) is 188 Å². The van der Waals surface area contributed by atoms with Crippen molar-refractivity contribution in [2.45, 2.75) is 0 Å². The lowest BCUT2D eigenvalue weighted by Crippen LogP contribution is -2.10. The highest BCUT2D eigenvalue weighted by atomic mass is 16.5. The molecule has 9 rings (SSSR count). The average molecular weight is 630 g/mol. The maximum atomic E-state index is 6.39. The second kappa shape index (κ2) is 12.2. The minimum Gasteiger partial charge on any atom is -0.453 e. The maximum Gasteiger partial charge on any atom is 0.169 e. The Morgan fingerprint density at radius 3 is 1.37 bits per heavy atom. The molecule has 0 atom stereocenters. The van der Waals surface area contributed by atoms with Crippen LogP contribution in [-0.4, -0.2) is 0 Å². The highest BCUT2D eigenvalue weighted by Crippen LogP contribution is 2.48. The Balaban J connectivity index is 1.15. The van der Waals surface area contributed by atoms with Crippen LogP contribution in [0.3, 0.4) is 0 Å². The van der Waals surface area contributed by atoms with E-state index in [1.165, 1.54) is 22.3 Å². The fraction of sp³-hybridized carbons (Fsp3) is 0. The predicted molar refractivity (Wildman–Crippen MR) is 202 cm³/mol. The van der Waals surface area contributed by atoms with E-state index in [-0.39, 0.29) is 0 Å². The Kier molecular flexibility index (Phi) is 7.14. The van der Waals surface area contributed by atoms with Gasteiger partial charge in [0.2, 0.25) is 0 Å². The molecule has 0 bridgehead atoms. The summed E-state index contributed by atoms with van der Waals surface area (Å²) in [6.07, 6.45) is 0. The van der Waals surface area contributed by atoms with E-state index >= 15 is 0 Å². The van der Waals surface area contributed by atoms with Crippen LogP contribution in [0.5, 0.6) is 23.0 Å². The molecule has 0 N–H and O–H groups in total. The lowest BCUT2D eigenvalue weighted by atomic mass is 9.96. The number of anilines is 3. The summed E-state index contributed by atoms with van der Waals surface area (Å²) in [7, 11) is 0. The fourth-order valence-corrected chi connectivity index (χ4v) is 6.75. The standard InChI is InChI=1S/C46H31NO2/c1-3-11-32(12-4-1)34-21-25-37(26-22-34)47(38-27-23-35(24-28-38)33-13-5-2-6-14-33)39-16-9-15-36(31-39)40-29-30-45-46-41(40)17-10-20-44(46)48-42-18-7-8-19-43(42)49-45/h1-31H. The molecule has 0 radical (unpaired) electrons. The van der Waals surface area contributed by atoms with Gasteiger partial charge >= 0.3 is 0 Å².